The van der Waals surface area contributed by atoms with E-state index in [1.165, 1.54) is 12.3 Å². The predicted octanol–water partition coefficient (Wildman–Crippen LogP) is 4.37. The monoisotopic (exact) mass is 338 g/mol. The number of carbonyl (C=O) groups is 1. The Bertz CT molecular complexity index is 1090. The molecule has 0 saturated heterocycles. The molecule has 0 atom stereocenters. The number of Topliss-reactive ketones (excluding diaryl/α,β-unsaturated/α-hetero) is 1. The van der Waals surface area contributed by atoms with Gasteiger partial charge >= 0.3 is 0 Å². The molecule has 4 nitrogen and oxygen atoms in total. The van der Waals surface area contributed by atoms with Gasteiger partial charge in [-0.15, -0.1) is 0 Å². The molecule has 2 aromatic carbocycles. The van der Waals surface area contributed by atoms with Gasteiger partial charge in [-0.3, -0.25) is 9.59 Å². The first kappa shape index (κ1) is 14.7. The smallest absolute Gasteiger partial charge is 0.231 e. The molecular formula is C19H11ClO4. The predicted molar refractivity (Wildman–Crippen MR) is 91.6 cm³/mol. The van der Waals surface area contributed by atoms with Crippen molar-refractivity contribution in [3.63, 3.8) is 0 Å². The summed E-state index contributed by atoms with van der Waals surface area (Å²) < 4.78 is 11.0. The molecule has 0 radical (unpaired) electrons. The van der Waals surface area contributed by atoms with Crippen LogP contribution in [0.15, 0.2) is 57.6 Å². The van der Waals surface area contributed by atoms with E-state index in [2.05, 4.69) is 0 Å². The zero-order chi connectivity index (χ0) is 16.8. The second-order valence-electron chi connectivity index (χ2n) is 5.60. The lowest BCUT2D eigenvalue weighted by Crippen LogP contribution is -2.07. The van der Waals surface area contributed by atoms with Crippen LogP contribution in [0.5, 0.6) is 5.75 Å². The molecule has 0 N–H and O–H groups in total. The fourth-order valence-electron chi connectivity index (χ4n) is 2.65. The molecule has 0 bridgehead atoms. The highest BCUT2D eigenvalue weighted by molar-refractivity contribution is 6.31. The van der Waals surface area contributed by atoms with Crippen LogP contribution in [0.2, 0.25) is 5.02 Å². The van der Waals surface area contributed by atoms with Gasteiger partial charge in [0.25, 0.3) is 0 Å². The van der Waals surface area contributed by atoms with E-state index >= 15 is 0 Å². The molecule has 1 aromatic heterocycles. The fraction of sp³-hybridized carbons (Fsp3) is 0.0526. The molecule has 0 amide bonds. The summed E-state index contributed by atoms with van der Waals surface area (Å²) in [6.07, 6.45) is 2.72. The number of rotatable bonds is 1. The summed E-state index contributed by atoms with van der Waals surface area (Å²) in [6.45, 7) is 1.91. The lowest BCUT2D eigenvalue weighted by atomic mass is 10.1. The average molecular weight is 339 g/mol. The lowest BCUT2D eigenvalue weighted by Gasteiger charge is -2.01. The summed E-state index contributed by atoms with van der Waals surface area (Å²) in [6, 6.07) is 10.2. The Labute approximate surface area is 141 Å². The van der Waals surface area contributed by atoms with Crippen LogP contribution in [-0.4, -0.2) is 5.78 Å². The van der Waals surface area contributed by atoms with E-state index in [0.29, 0.717) is 27.3 Å². The maximum atomic E-state index is 12.6. The Kier molecular flexibility index (Phi) is 3.28. The molecule has 0 aliphatic carbocycles. The van der Waals surface area contributed by atoms with Crippen molar-refractivity contribution in [2.24, 2.45) is 0 Å². The first-order chi connectivity index (χ1) is 11.5. The summed E-state index contributed by atoms with van der Waals surface area (Å²) in [7, 11) is 0. The number of aryl methyl sites for hydroxylation is 1. The molecule has 0 spiro atoms. The molecular weight excluding hydrogens is 328 g/mol. The second-order valence-corrected chi connectivity index (χ2v) is 6.04. The standard InChI is InChI=1S/C19H11ClO4/c1-10-2-4-13-16(6-10)24-17(19(13)22)7-11-9-23-15-5-3-12(20)8-14(15)18(11)21/h2-9H,1H3/b17-7-. The summed E-state index contributed by atoms with van der Waals surface area (Å²) in [5.74, 6) is 0.347. The average Bonchev–Trinajstić information content (AvgIpc) is 2.86. The maximum absolute atomic E-state index is 12.6. The fourth-order valence-corrected chi connectivity index (χ4v) is 2.83. The van der Waals surface area contributed by atoms with Crippen molar-refractivity contribution in [2.75, 3.05) is 0 Å². The maximum Gasteiger partial charge on any atom is 0.231 e. The number of hydrogen-bond acceptors (Lipinski definition) is 4. The molecule has 118 valence electrons. The quantitative estimate of drug-likeness (QED) is 0.618. The Hall–Kier alpha value is -2.85. The number of halogens is 1. The zero-order valence-corrected chi connectivity index (χ0v) is 13.4. The van der Waals surface area contributed by atoms with Crippen molar-refractivity contribution in [2.45, 2.75) is 6.92 Å². The van der Waals surface area contributed by atoms with Crippen molar-refractivity contribution < 1.29 is 13.9 Å². The molecule has 3 aromatic rings. The van der Waals surface area contributed by atoms with Crippen LogP contribution in [0.3, 0.4) is 0 Å². The number of benzene rings is 2. The summed E-state index contributed by atoms with van der Waals surface area (Å²) in [4.78, 5) is 25.0. The van der Waals surface area contributed by atoms with Gasteiger partial charge in [-0.05, 0) is 48.9 Å². The highest BCUT2D eigenvalue weighted by atomic mass is 35.5. The highest BCUT2D eigenvalue weighted by Gasteiger charge is 2.27. The summed E-state index contributed by atoms with van der Waals surface area (Å²) in [5, 5.41) is 0.798. The summed E-state index contributed by atoms with van der Waals surface area (Å²) >= 11 is 5.94. The number of fused-ring (bicyclic) bond motifs is 2. The van der Waals surface area contributed by atoms with Crippen molar-refractivity contribution in [1.29, 1.82) is 0 Å². The zero-order valence-electron chi connectivity index (χ0n) is 12.6. The third-order valence-electron chi connectivity index (χ3n) is 3.87. The Morgan fingerprint density at radius 2 is 1.92 bits per heavy atom. The van der Waals surface area contributed by atoms with Gasteiger partial charge in [-0.2, -0.15) is 0 Å². The molecule has 5 heteroatoms. The van der Waals surface area contributed by atoms with Crippen LogP contribution < -0.4 is 10.2 Å². The number of hydrogen-bond donors (Lipinski definition) is 0. The SMILES string of the molecule is Cc1ccc2c(c1)O/C(=C\c1coc3ccc(Cl)cc3c1=O)C2=O. The van der Waals surface area contributed by atoms with Crippen LogP contribution >= 0.6 is 11.6 Å². The van der Waals surface area contributed by atoms with Gasteiger partial charge in [0, 0.05) is 5.02 Å². The summed E-state index contributed by atoms with van der Waals surface area (Å²) in [5.41, 5.74) is 1.87. The number of carbonyl (C=O) groups excluding carboxylic acids is 1. The third kappa shape index (κ3) is 2.32. The third-order valence-corrected chi connectivity index (χ3v) is 4.11. The van der Waals surface area contributed by atoms with Crippen LogP contribution in [-0.2, 0) is 0 Å². The van der Waals surface area contributed by atoms with E-state index in [4.69, 9.17) is 20.8 Å². The van der Waals surface area contributed by atoms with Crippen LogP contribution in [0.1, 0.15) is 21.5 Å². The van der Waals surface area contributed by atoms with E-state index in [1.54, 1.807) is 30.3 Å². The van der Waals surface area contributed by atoms with E-state index in [-0.39, 0.29) is 22.5 Å². The van der Waals surface area contributed by atoms with E-state index in [1.807, 2.05) is 13.0 Å². The minimum absolute atomic E-state index is 0.101. The number of allylic oxidation sites excluding steroid dienone is 1. The van der Waals surface area contributed by atoms with E-state index in [0.717, 1.165) is 5.56 Å². The molecule has 0 saturated carbocycles. The molecule has 0 unspecified atom stereocenters. The Balaban J connectivity index is 1.82. The van der Waals surface area contributed by atoms with Gasteiger partial charge in [-0.25, -0.2) is 0 Å². The van der Waals surface area contributed by atoms with Gasteiger partial charge in [-0.1, -0.05) is 17.7 Å². The van der Waals surface area contributed by atoms with Gasteiger partial charge in [0.05, 0.1) is 16.5 Å². The molecule has 2 heterocycles. The molecule has 0 fully saturated rings. The topological polar surface area (TPSA) is 56.5 Å². The van der Waals surface area contributed by atoms with Gasteiger partial charge in [0.15, 0.2) is 11.2 Å². The Morgan fingerprint density at radius 3 is 2.75 bits per heavy atom. The molecule has 4 rings (SSSR count). The second kappa shape index (κ2) is 5.35. The van der Waals surface area contributed by atoms with Crippen molar-refractivity contribution >= 4 is 34.4 Å². The first-order valence-corrected chi connectivity index (χ1v) is 7.67. The number of ketones is 1. The van der Waals surface area contributed by atoms with Crippen LogP contribution in [0.4, 0.5) is 0 Å². The highest BCUT2D eigenvalue weighted by Crippen LogP contribution is 2.32. The van der Waals surface area contributed by atoms with Gasteiger partial charge in [0.1, 0.15) is 17.6 Å². The Morgan fingerprint density at radius 1 is 1.08 bits per heavy atom. The van der Waals surface area contributed by atoms with Gasteiger partial charge < -0.3 is 9.15 Å². The normalized spacial score (nSPS) is 14.9. The molecule has 24 heavy (non-hydrogen) atoms. The van der Waals surface area contributed by atoms with E-state index < -0.39 is 0 Å². The van der Waals surface area contributed by atoms with Crippen LogP contribution in [0, 0.1) is 6.92 Å². The van der Waals surface area contributed by atoms with Crippen molar-refractivity contribution in [3.8, 4) is 5.75 Å². The van der Waals surface area contributed by atoms with Crippen molar-refractivity contribution in [1.82, 2.24) is 0 Å². The van der Waals surface area contributed by atoms with Gasteiger partial charge in [0.2, 0.25) is 5.78 Å². The number of ether oxygens (including phenoxy) is 1. The van der Waals surface area contributed by atoms with E-state index in [9.17, 15) is 9.59 Å². The molecule has 1 aliphatic rings. The van der Waals surface area contributed by atoms with Crippen LogP contribution in [0.25, 0.3) is 17.0 Å². The molecule has 1 aliphatic heterocycles. The minimum atomic E-state index is -0.269. The lowest BCUT2D eigenvalue weighted by molar-refractivity contribution is 0.101. The minimum Gasteiger partial charge on any atom is -0.463 e. The largest absolute Gasteiger partial charge is 0.463 e. The first-order valence-electron chi connectivity index (χ1n) is 7.29. The van der Waals surface area contributed by atoms with Crippen molar-refractivity contribution in [3.05, 3.63) is 80.4 Å².